The molecule has 2 aromatic carbocycles. The fourth-order valence-electron chi connectivity index (χ4n) is 5.31. The molecule has 1 aliphatic heterocycles. The molecule has 2 aliphatic rings. The second-order valence-electron chi connectivity index (χ2n) is 11.2. The fourth-order valence-corrected chi connectivity index (χ4v) is 5.31. The van der Waals surface area contributed by atoms with Crippen molar-refractivity contribution in [3.8, 4) is 11.5 Å². The molecular formula is C32H40N4O7. The van der Waals surface area contributed by atoms with Gasteiger partial charge in [-0.15, -0.1) is 0 Å². The van der Waals surface area contributed by atoms with E-state index in [4.69, 9.17) is 23.7 Å². The lowest BCUT2D eigenvalue weighted by atomic mass is 10.0. The Morgan fingerprint density at radius 1 is 1.05 bits per heavy atom. The first-order valence-corrected chi connectivity index (χ1v) is 14.8. The van der Waals surface area contributed by atoms with Crippen LogP contribution >= 0.6 is 0 Å². The molecule has 1 saturated carbocycles. The second kappa shape index (κ2) is 14.4. The van der Waals surface area contributed by atoms with Gasteiger partial charge in [-0.1, -0.05) is 18.2 Å². The van der Waals surface area contributed by atoms with Gasteiger partial charge in [0.05, 0.1) is 25.9 Å². The molecule has 11 heteroatoms. The number of anilines is 1. The first-order chi connectivity index (χ1) is 20.9. The summed E-state index contributed by atoms with van der Waals surface area (Å²) >= 11 is 0. The topological polar surface area (TPSA) is 133 Å². The highest BCUT2D eigenvalue weighted by Gasteiger charge is 2.30. The lowest BCUT2D eigenvalue weighted by Gasteiger charge is -2.17. The van der Waals surface area contributed by atoms with Crippen LogP contribution in [0.5, 0.6) is 11.5 Å². The monoisotopic (exact) mass is 592 g/mol. The van der Waals surface area contributed by atoms with Gasteiger partial charge in [-0.3, -0.25) is 9.89 Å². The van der Waals surface area contributed by atoms with Crippen LogP contribution in [-0.4, -0.2) is 54.7 Å². The number of amides is 2. The van der Waals surface area contributed by atoms with Crippen LogP contribution in [0.25, 0.3) is 0 Å². The van der Waals surface area contributed by atoms with Gasteiger partial charge in [0, 0.05) is 30.1 Å². The third-order valence-corrected chi connectivity index (χ3v) is 7.51. The van der Waals surface area contributed by atoms with Crippen LogP contribution in [0, 0.1) is 0 Å². The maximum Gasteiger partial charge on any atom is 0.407 e. The van der Waals surface area contributed by atoms with E-state index in [1.807, 2.05) is 62.4 Å². The van der Waals surface area contributed by atoms with Crippen molar-refractivity contribution >= 4 is 17.8 Å². The van der Waals surface area contributed by atoms with E-state index in [-0.39, 0.29) is 36.5 Å². The van der Waals surface area contributed by atoms with Crippen molar-refractivity contribution in [1.82, 2.24) is 15.5 Å². The van der Waals surface area contributed by atoms with Gasteiger partial charge in [-0.05, 0) is 74.9 Å². The number of hydrogen-bond donors (Lipinski definition) is 3. The minimum Gasteiger partial charge on any atom is -0.497 e. The minimum atomic E-state index is -0.507. The lowest BCUT2D eigenvalue weighted by Crippen LogP contribution is -2.33. The Morgan fingerprint density at radius 2 is 1.81 bits per heavy atom. The molecule has 5 rings (SSSR count). The van der Waals surface area contributed by atoms with Gasteiger partial charge in [0.2, 0.25) is 5.91 Å². The Morgan fingerprint density at radius 3 is 2.56 bits per heavy atom. The molecule has 43 heavy (non-hydrogen) atoms. The Labute approximate surface area is 251 Å². The fraction of sp³-hybridized carbons (Fsp3) is 0.469. The molecule has 1 aliphatic carbocycles. The minimum absolute atomic E-state index is 0.0324. The number of rotatable bonds is 12. The molecule has 2 amide bonds. The molecule has 2 heterocycles. The van der Waals surface area contributed by atoms with Crippen LogP contribution in [0.3, 0.4) is 0 Å². The Bertz CT molecular complexity index is 1370. The van der Waals surface area contributed by atoms with Crippen LogP contribution in [-0.2, 0) is 32.0 Å². The van der Waals surface area contributed by atoms with Crippen molar-refractivity contribution in [3.05, 3.63) is 70.9 Å². The third-order valence-electron chi connectivity index (χ3n) is 7.51. The highest BCUT2D eigenvalue weighted by atomic mass is 16.7. The normalized spacial score (nSPS) is 18.5. The third kappa shape index (κ3) is 8.48. The first kappa shape index (κ1) is 30.4. The predicted molar refractivity (Wildman–Crippen MR) is 159 cm³/mol. The summed E-state index contributed by atoms with van der Waals surface area (Å²) in [6.07, 6.45) is 2.18. The zero-order valence-corrected chi connectivity index (χ0v) is 24.9. The summed E-state index contributed by atoms with van der Waals surface area (Å²) in [5.41, 5.74) is 3.72. The molecule has 3 N–H and O–H groups in total. The summed E-state index contributed by atoms with van der Waals surface area (Å²) < 4.78 is 28.4. The van der Waals surface area contributed by atoms with Crippen molar-refractivity contribution in [2.24, 2.45) is 0 Å². The largest absolute Gasteiger partial charge is 0.497 e. The van der Waals surface area contributed by atoms with Gasteiger partial charge >= 0.3 is 6.09 Å². The molecule has 0 spiro atoms. The Hall–Kier alpha value is -4.09. The molecule has 0 radical (unpaired) electrons. The molecule has 2 fully saturated rings. The Kier molecular flexibility index (Phi) is 10.2. The summed E-state index contributed by atoms with van der Waals surface area (Å²) in [5.74, 6) is 2.02. The summed E-state index contributed by atoms with van der Waals surface area (Å²) in [6, 6.07) is 15.5. The highest BCUT2D eigenvalue weighted by molar-refractivity contribution is 5.89. The lowest BCUT2D eigenvalue weighted by molar-refractivity contribution is -0.116. The van der Waals surface area contributed by atoms with E-state index < -0.39 is 6.29 Å². The summed E-state index contributed by atoms with van der Waals surface area (Å²) in [7, 11) is 1.64. The van der Waals surface area contributed by atoms with Gasteiger partial charge in [-0.2, -0.15) is 5.10 Å². The van der Waals surface area contributed by atoms with E-state index in [2.05, 4.69) is 20.8 Å². The summed E-state index contributed by atoms with van der Waals surface area (Å²) in [5, 5.41) is 13.0. The van der Waals surface area contributed by atoms with Crippen LogP contribution in [0.1, 0.15) is 74.1 Å². The molecule has 2 atom stereocenters. The van der Waals surface area contributed by atoms with Gasteiger partial charge < -0.3 is 34.3 Å². The summed E-state index contributed by atoms with van der Waals surface area (Å²) in [6.45, 7) is 5.21. The van der Waals surface area contributed by atoms with E-state index in [0.717, 1.165) is 47.4 Å². The van der Waals surface area contributed by atoms with Crippen LogP contribution in [0.2, 0.25) is 0 Å². The quantitative estimate of drug-likeness (QED) is 0.255. The SMILES string of the molecule is COc1ccc(COc2ccc(CCC(=O)Nc3cc([C@H]4CC[C@@H](OC(=O)NC(C)C)C4)[nH]n3)cc2C2OCCO2)cc1. The highest BCUT2D eigenvalue weighted by Crippen LogP contribution is 2.36. The molecule has 11 nitrogen and oxygen atoms in total. The molecule has 0 bridgehead atoms. The van der Waals surface area contributed by atoms with Crippen molar-refractivity contribution in [3.63, 3.8) is 0 Å². The number of hydrogen-bond acceptors (Lipinski definition) is 8. The van der Waals surface area contributed by atoms with E-state index in [1.54, 1.807) is 7.11 Å². The van der Waals surface area contributed by atoms with Gasteiger partial charge in [0.15, 0.2) is 12.1 Å². The zero-order valence-electron chi connectivity index (χ0n) is 24.9. The van der Waals surface area contributed by atoms with Crippen molar-refractivity contribution in [1.29, 1.82) is 0 Å². The van der Waals surface area contributed by atoms with E-state index in [1.165, 1.54) is 0 Å². The number of aryl methyl sites for hydroxylation is 1. The summed E-state index contributed by atoms with van der Waals surface area (Å²) in [4.78, 5) is 24.7. The number of benzene rings is 2. The molecule has 3 aromatic rings. The van der Waals surface area contributed by atoms with Crippen LogP contribution in [0.15, 0.2) is 48.5 Å². The number of aromatic amines is 1. The van der Waals surface area contributed by atoms with Gasteiger partial charge in [0.1, 0.15) is 24.2 Å². The predicted octanol–water partition coefficient (Wildman–Crippen LogP) is 5.38. The standard InChI is InChI=1S/C32H40N4O7/c1-20(2)33-32(38)43-25-11-8-23(17-25)27-18-29(36-35-27)34-30(37)13-7-21-6-12-28(26(16-21)31-40-14-15-41-31)42-19-22-4-9-24(39-3)10-5-22/h4-6,9-10,12,16,18,20,23,25,31H,7-8,11,13-15,17,19H2,1-3H3,(H,33,38)(H2,34,35,36,37)/t23-,25+/m0/s1. The average molecular weight is 593 g/mol. The number of nitrogens with one attached hydrogen (secondary N) is 3. The van der Waals surface area contributed by atoms with Crippen molar-refractivity contribution in [2.75, 3.05) is 25.6 Å². The number of aromatic nitrogens is 2. The van der Waals surface area contributed by atoms with Gasteiger partial charge in [0.25, 0.3) is 0 Å². The molecule has 1 saturated heterocycles. The zero-order chi connectivity index (χ0) is 30.2. The molecule has 1 aromatic heterocycles. The van der Waals surface area contributed by atoms with Gasteiger partial charge in [-0.25, -0.2) is 4.79 Å². The van der Waals surface area contributed by atoms with E-state index >= 15 is 0 Å². The smallest absolute Gasteiger partial charge is 0.407 e. The van der Waals surface area contributed by atoms with E-state index in [0.29, 0.717) is 37.8 Å². The second-order valence-corrected chi connectivity index (χ2v) is 11.2. The number of carbonyl (C=O) groups is 2. The molecule has 230 valence electrons. The van der Waals surface area contributed by atoms with Crippen LogP contribution in [0.4, 0.5) is 10.6 Å². The number of methoxy groups -OCH3 is 1. The maximum absolute atomic E-state index is 12.8. The van der Waals surface area contributed by atoms with Crippen LogP contribution < -0.4 is 20.1 Å². The average Bonchev–Trinajstić information content (AvgIpc) is 3.78. The number of ether oxygens (including phenoxy) is 5. The number of carbonyl (C=O) groups excluding carboxylic acids is 2. The number of nitrogens with zero attached hydrogens (tertiary/aromatic N) is 1. The number of alkyl carbamates (subject to hydrolysis) is 1. The van der Waals surface area contributed by atoms with Crippen molar-refractivity contribution < 1.29 is 33.3 Å². The Balaban J connectivity index is 1.13. The van der Waals surface area contributed by atoms with Crippen molar-refractivity contribution in [2.45, 2.75) is 76.9 Å². The maximum atomic E-state index is 12.8. The van der Waals surface area contributed by atoms with E-state index in [9.17, 15) is 9.59 Å². The molecular weight excluding hydrogens is 552 g/mol. The molecule has 0 unspecified atom stereocenters. The first-order valence-electron chi connectivity index (χ1n) is 14.8. The number of H-pyrrole nitrogens is 1.